The van der Waals surface area contributed by atoms with Crippen molar-refractivity contribution in [3.8, 4) is 0 Å². The minimum absolute atomic E-state index is 0.00635. The highest BCUT2D eigenvalue weighted by Gasteiger charge is 2.28. The Morgan fingerprint density at radius 1 is 0.826 bits per heavy atom. The fourth-order valence-corrected chi connectivity index (χ4v) is 3.78. The monoisotopic (exact) mass is 454 g/mol. The average Bonchev–Trinajstić information content (AvgIpc) is 2.45. The predicted octanol–water partition coefficient (Wildman–Crippen LogP) is 7.33. The first kappa shape index (κ1) is 23.9. The van der Waals surface area contributed by atoms with Gasteiger partial charge in [0.25, 0.3) is 0 Å². The van der Waals surface area contributed by atoms with Crippen LogP contribution in [-0.2, 0) is 0 Å². The predicted molar refractivity (Wildman–Crippen MR) is 112 cm³/mol. The molecule has 140 valence electrons. The molecule has 1 nitrogen and oxygen atoms in total. The zero-order chi connectivity index (χ0) is 17.9. The maximum Gasteiger partial charge on any atom is 0.0569 e. The van der Waals surface area contributed by atoms with Crippen LogP contribution in [0.4, 0.5) is 0 Å². The molecule has 0 spiro atoms. The van der Waals surface area contributed by atoms with Crippen LogP contribution in [0.1, 0.15) is 92.4 Å². The summed E-state index contributed by atoms with van der Waals surface area (Å²) in [5.74, 6) is 2.57. The summed E-state index contributed by atoms with van der Waals surface area (Å²) in [5, 5.41) is 9.26. The number of aliphatic hydroxyl groups excluding tert-OH is 1. The van der Waals surface area contributed by atoms with E-state index >= 15 is 0 Å². The molecule has 0 aromatic rings. The Bertz CT molecular complexity index is 279. The van der Waals surface area contributed by atoms with Crippen molar-refractivity contribution >= 4 is 31.9 Å². The van der Waals surface area contributed by atoms with Crippen LogP contribution in [0, 0.1) is 17.8 Å². The van der Waals surface area contributed by atoms with Crippen LogP contribution < -0.4 is 0 Å². The molecule has 0 amide bonds. The first-order valence-electron chi connectivity index (χ1n) is 9.62. The van der Waals surface area contributed by atoms with Gasteiger partial charge >= 0.3 is 0 Å². The number of hydrogen-bond donors (Lipinski definition) is 1. The molecular formula is C20H40Br2O. The van der Waals surface area contributed by atoms with Crippen molar-refractivity contribution in [1.82, 2.24) is 0 Å². The normalized spacial score (nSPS) is 18.7. The molecule has 0 fully saturated rings. The molecule has 0 radical (unpaired) electrons. The highest BCUT2D eigenvalue weighted by Crippen LogP contribution is 2.33. The van der Waals surface area contributed by atoms with E-state index in [1.54, 1.807) is 0 Å². The van der Waals surface area contributed by atoms with Gasteiger partial charge in [-0.05, 0) is 31.1 Å². The molecule has 0 heterocycles. The molecule has 0 aromatic heterocycles. The number of alkyl halides is 2. The second-order valence-electron chi connectivity index (χ2n) is 8.29. The standard InChI is InChI=1S/C20H40Br2O/c1-16(2)9-6-10-17(3)11-7-12-18(4)13-8-14-20(5,22)19(21)15-23/h16-19,23H,6-15H2,1-5H3. The maximum atomic E-state index is 9.26. The van der Waals surface area contributed by atoms with Crippen molar-refractivity contribution in [3.63, 3.8) is 0 Å². The SMILES string of the molecule is CC(C)CCCC(C)CCCC(C)CCCC(C)(Br)C(Br)CO. The van der Waals surface area contributed by atoms with Gasteiger partial charge in [-0.1, -0.05) is 111 Å². The summed E-state index contributed by atoms with van der Waals surface area (Å²) in [6, 6.07) is 0. The van der Waals surface area contributed by atoms with Crippen LogP contribution in [-0.4, -0.2) is 20.9 Å². The average molecular weight is 456 g/mol. The van der Waals surface area contributed by atoms with Crippen molar-refractivity contribution in [2.24, 2.45) is 17.8 Å². The zero-order valence-corrected chi connectivity index (χ0v) is 19.3. The summed E-state index contributed by atoms with van der Waals surface area (Å²) in [7, 11) is 0. The summed E-state index contributed by atoms with van der Waals surface area (Å²) < 4.78 is 0.00635. The summed E-state index contributed by atoms with van der Waals surface area (Å²) in [6.45, 7) is 11.8. The van der Waals surface area contributed by atoms with Gasteiger partial charge in [0.15, 0.2) is 0 Å². The topological polar surface area (TPSA) is 20.2 Å². The van der Waals surface area contributed by atoms with Crippen molar-refractivity contribution in [1.29, 1.82) is 0 Å². The molecule has 1 N–H and O–H groups in total. The molecule has 0 saturated carbocycles. The lowest BCUT2D eigenvalue weighted by Gasteiger charge is -2.27. The second kappa shape index (κ2) is 13.2. The van der Waals surface area contributed by atoms with Gasteiger partial charge < -0.3 is 5.11 Å². The summed E-state index contributed by atoms with van der Waals surface area (Å²) in [5.41, 5.74) is 0. The molecule has 23 heavy (non-hydrogen) atoms. The van der Waals surface area contributed by atoms with E-state index in [1.807, 2.05) is 0 Å². The van der Waals surface area contributed by atoms with E-state index in [1.165, 1.54) is 51.4 Å². The Morgan fingerprint density at radius 2 is 1.26 bits per heavy atom. The summed E-state index contributed by atoms with van der Waals surface area (Å²) in [6.07, 6.45) is 12.0. The molecule has 0 aliphatic carbocycles. The van der Waals surface area contributed by atoms with Gasteiger partial charge in [0, 0.05) is 4.32 Å². The number of rotatable bonds is 14. The third-order valence-corrected chi connectivity index (χ3v) is 7.91. The fourth-order valence-electron chi connectivity index (χ4n) is 3.12. The Balaban J connectivity index is 3.69. The molecule has 0 aromatic carbocycles. The largest absolute Gasteiger partial charge is 0.395 e. The van der Waals surface area contributed by atoms with Crippen molar-refractivity contribution in [2.75, 3.05) is 6.61 Å². The molecule has 3 heteroatoms. The van der Waals surface area contributed by atoms with E-state index < -0.39 is 0 Å². The van der Waals surface area contributed by atoms with Gasteiger partial charge in [0.2, 0.25) is 0 Å². The molecule has 0 aliphatic rings. The molecule has 0 saturated heterocycles. The second-order valence-corrected chi connectivity index (χ2v) is 11.2. The molecule has 4 atom stereocenters. The quantitative estimate of drug-likeness (QED) is 0.271. The van der Waals surface area contributed by atoms with E-state index in [-0.39, 0.29) is 15.8 Å². The molecule has 0 bridgehead atoms. The summed E-state index contributed by atoms with van der Waals surface area (Å²) >= 11 is 7.31. The first-order chi connectivity index (χ1) is 10.7. The summed E-state index contributed by atoms with van der Waals surface area (Å²) in [4.78, 5) is 0.136. The van der Waals surface area contributed by atoms with E-state index in [9.17, 15) is 5.11 Å². The fraction of sp³-hybridized carbons (Fsp3) is 1.00. The Labute approximate surface area is 162 Å². The maximum absolute atomic E-state index is 9.26. The van der Waals surface area contributed by atoms with Crippen LogP contribution in [0.15, 0.2) is 0 Å². The minimum Gasteiger partial charge on any atom is -0.395 e. The number of halogens is 2. The minimum atomic E-state index is 0.00635. The Hall–Kier alpha value is 0.920. The van der Waals surface area contributed by atoms with E-state index in [2.05, 4.69) is 66.5 Å². The van der Waals surface area contributed by atoms with Crippen molar-refractivity contribution in [3.05, 3.63) is 0 Å². The highest BCUT2D eigenvalue weighted by atomic mass is 79.9. The lowest BCUT2D eigenvalue weighted by atomic mass is 9.91. The Kier molecular flexibility index (Phi) is 13.7. The van der Waals surface area contributed by atoms with Gasteiger partial charge in [-0.15, -0.1) is 0 Å². The van der Waals surface area contributed by atoms with Crippen molar-refractivity contribution in [2.45, 2.75) is 102 Å². The van der Waals surface area contributed by atoms with Gasteiger partial charge in [0.05, 0.1) is 11.4 Å². The van der Waals surface area contributed by atoms with E-state index in [4.69, 9.17) is 0 Å². The third kappa shape index (κ3) is 12.9. The highest BCUT2D eigenvalue weighted by molar-refractivity contribution is 9.12. The molecule has 0 rings (SSSR count). The molecule has 4 unspecified atom stereocenters. The third-order valence-electron chi connectivity index (χ3n) is 5.05. The van der Waals surface area contributed by atoms with Crippen LogP contribution >= 0.6 is 31.9 Å². The molecule has 0 aliphatic heterocycles. The van der Waals surface area contributed by atoms with Crippen LogP contribution in [0.25, 0.3) is 0 Å². The number of hydrogen-bond acceptors (Lipinski definition) is 1. The van der Waals surface area contributed by atoms with Crippen LogP contribution in [0.2, 0.25) is 0 Å². The van der Waals surface area contributed by atoms with E-state index in [0.29, 0.717) is 0 Å². The van der Waals surface area contributed by atoms with Crippen molar-refractivity contribution < 1.29 is 5.11 Å². The lowest BCUT2D eigenvalue weighted by molar-refractivity contribution is 0.276. The smallest absolute Gasteiger partial charge is 0.0569 e. The van der Waals surface area contributed by atoms with Gasteiger partial charge in [0.1, 0.15) is 0 Å². The van der Waals surface area contributed by atoms with Gasteiger partial charge in [-0.25, -0.2) is 0 Å². The Morgan fingerprint density at radius 3 is 1.70 bits per heavy atom. The molecular weight excluding hydrogens is 416 g/mol. The van der Waals surface area contributed by atoms with Gasteiger partial charge in [-0.2, -0.15) is 0 Å². The first-order valence-corrected chi connectivity index (χ1v) is 11.3. The van der Waals surface area contributed by atoms with Crippen LogP contribution in [0.3, 0.4) is 0 Å². The zero-order valence-electron chi connectivity index (χ0n) is 16.1. The van der Waals surface area contributed by atoms with Crippen LogP contribution in [0.5, 0.6) is 0 Å². The lowest BCUT2D eigenvalue weighted by Crippen LogP contribution is -2.31. The van der Waals surface area contributed by atoms with Gasteiger partial charge in [-0.3, -0.25) is 0 Å². The number of aliphatic hydroxyl groups is 1. The van der Waals surface area contributed by atoms with E-state index in [0.717, 1.165) is 24.2 Å².